The summed E-state index contributed by atoms with van der Waals surface area (Å²) in [5.74, 6) is -0.550. The standard InChI is InChI=1S/C17H26F2N2S/c1-17(2,3)22-21-13-9-7-12(8-10-13)11-20-16-14(18)5-4-6-15(16)19/h4-6,12-13,20-21H,7-11H2,1-3H3. The summed E-state index contributed by atoms with van der Waals surface area (Å²) < 4.78 is 30.9. The van der Waals surface area contributed by atoms with Crippen molar-refractivity contribution >= 4 is 17.6 Å². The first-order valence-corrected chi connectivity index (χ1v) is 8.78. The molecule has 0 spiro atoms. The van der Waals surface area contributed by atoms with Crippen molar-refractivity contribution in [2.24, 2.45) is 5.92 Å². The monoisotopic (exact) mass is 328 g/mol. The van der Waals surface area contributed by atoms with Crippen molar-refractivity contribution < 1.29 is 8.78 Å². The molecule has 5 heteroatoms. The SMILES string of the molecule is CC(C)(C)SNC1CCC(CNc2c(F)cccc2F)CC1. The third kappa shape index (κ3) is 5.43. The summed E-state index contributed by atoms with van der Waals surface area (Å²) in [5, 5.41) is 2.95. The fourth-order valence-corrected chi connectivity index (χ4v) is 3.41. The van der Waals surface area contributed by atoms with Crippen LogP contribution in [0.3, 0.4) is 0 Å². The lowest BCUT2D eigenvalue weighted by molar-refractivity contribution is 0.327. The highest BCUT2D eigenvalue weighted by Crippen LogP contribution is 2.29. The van der Waals surface area contributed by atoms with Gasteiger partial charge in [-0.2, -0.15) is 0 Å². The molecule has 1 aliphatic carbocycles. The minimum atomic E-state index is -0.517. The normalized spacial score (nSPS) is 22.6. The minimum absolute atomic E-state index is 0.00559. The van der Waals surface area contributed by atoms with E-state index in [1.807, 2.05) is 0 Å². The van der Waals surface area contributed by atoms with E-state index in [1.54, 1.807) is 11.9 Å². The molecule has 0 aliphatic heterocycles. The largest absolute Gasteiger partial charge is 0.380 e. The lowest BCUT2D eigenvalue weighted by Crippen LogP contribution is -2.33. The average molecular weight is 328 g/mol. The smallest absolute Gasteiger partial charge is 0.149 e. The fourth-order valence-electron chi connectivity index (χ4n) is 2.66. The molecule has 0 atom stereocenters. The number of benzene rings is 1. The van der Waals surface area contributed by atoms with Gasteiger partial charge in [0.15, 0.2) is 0 Å². The highest BCUT2D eigenvalue weighted by Gasteiger charge is 2.23. The van der Waals surface area contributed by atoms with E-state index < -0.39 is 11.6 Å². The van der Waals surface area contributed by atoms with Crippen LogP contribution in [0.25, 0.3) is 0 Å². The van der Waals surface area contributed by atoms with E-state index in [4.69, 9.17) is 0 Å². The van der Waals surface area contributed by atoms with Gasteiger partial charge in [-0.1, -0.05) is 18.0 Å². The van der Waals surface area contributed by atoms with Crippen LogP contribution in [0, 0.1) is 17.6 Å². The Kier molecular flexibility index (Phi) is 6.09. The van der Waals surface area contributed by atoms with Crippen molar-refractivity contribution in [3.05, 3.63) is 29.8 Å². The molecule has 2 nitrogen and oxygen atoms in total. The molecule has 0 aromatic heterocycles. The van der Waals surface area contributed by atoms with E-state index in [0.717, 1.165) is 25.7 Å². The van der Waals surface area contributed by atoms with Crippen LogP contribution in [-0.2, 0) is 0 Å². The van der Waals surface area contributed by atoms with E-state index in [0.29, 0.717) is 18.5 Å². The average Bonchev–Trinajstić information content (AvgIpc) is 2.45. The number of anilines is 1. The van der Waals surface area contributed by atoms with Gasteiger partial charge in [-0.05, 0) is 64.5 Å². The molecule has 0 saturated heterocycles. The Hall–Kier alpha value is -0.810. The van der Waals surface area contributed by atoms with Crippen LogP contribution in [0.2, 0.25) is 0 Å². The van der Waals surface area contributed by atoms with E-state index >= 15 is 0 Å². The minimum Gasteiger partial charge on any atom is -0.380 e. The van der Waals surface area contributed by atoms with Gasteiger partial charge in [0, 0.05) is 17.3 Å². The quantitative estimate of drug-likeness (QED) is 0.746. The van der Waals surface area contributed by atoms with Crippen molar-refractivity contribution in [3.63, 3.8) is 0 Å². The highest BCUT2D eigenvalue weighted by atomic mass is 32.2. The topological polar surface area (TPSA) is 24.1 Å². The first kappa shape index (κ1) is 17.5. The lowest BCUT2D eigenvalue weighted by Gasteiger charge is -2.31. The van der Waals surface area contributed by atoms with Crippen molar-refractivity contribution in [1.82, 2.24) is 4.72 Å². The van der Waals surface area contributed by atoms with Crippen LogP contribution in [-0.4, -0.2) is 17.3 Å². The Labute approximate surface area is 136 Å². The van der Waals surface area contributed by atoms with Crippen molar-refractivity contribution in [3.8, 4) is 0 Å². The molecule has 0 heterocycles. The van der Waals surface area contributed by atoms with E-state index in [9.17, 15) is 8.78 Å². The molecule has 1 fully saturated rings. The molecule has 0 bridgehead atoms. The molecular formula is C17H26F2N2S. The summed E-state index contributed by atoms with van der Waals surface area (Å²) in [6, 6.07) is 4.51. The van der Waals surface area contributed by atoms with Crippen LogP contribution < -0.4 is 10.0 Å². The van der Waals surface area contributed by atoms with Crippen LogP contribution >= 0.6 is 11.9 Å². The summed E-state index contributed by atoms with van der Waals surface area (Å²) in [4.78, 5) is 0. The summed E-state index contributed by atoms with van der Waals surface area (Å²) in [7, 11) is 0. The van der Waals surface area contributed by atoms with Gasteiger partial charge in [-0.25, -0.2) is 8.78 Å². The molecule has 0 unspecified atom stereocenters. The van der Waals surface area contributed by atoms with Gasteiger partial charge < -0.3 is 5.32 Å². The lowest BCUT2D eigenvalue weighted by atomic mass is 9.86. The summed E-state index contributed by atoms with van der Waals surface area (Å²) in [6.45, 7) is 7.23. The Balaban J connectivity index is 1.74. The molecule has 2 N–H and O–H groups in total. The number of hydrogen-bond donors (Lipinski definition) is 2. The molecule has 22 heavy (non-hydrogen) atoms. The van der Waals surface area contributed by atoms with Gasteiger partial charge in [0.2, 0.25) is 0 Å². The molecule has 1 saturated carbocycles. The maximum atomic E-state index is 13.6. The number of rotatable bonds is 5. The third-order valence-electron chi connectivity index (χ3n) is 3.91. The number of para-hydroxylation sites is 1. The second kappa shape index (κ2) is 7.64. The predicted octanol–water partition coefficient (Wildman–Crippen LogP) is 4.97. The molecule has 2 rings (SSSR count). The zero-order valence-electron chi connectivity index (χ0n) is 13.6. The fraction of sp³-hybridized carbons (Fsp3) is 0.647. The van der Waals surface area contributed by atoms with Crippen molar-refractivity contribution in [1.29, 1.82) is 0 Å². The number of halogens is 2. The van der Waals surface area contributed by atoms with E-state index in [2.05, 4.69) is 30.8 Å². The summed E-state index contributed by atoms with van der Waals surface area (Å²) in [5.41, 5.74) is 0.00559. The van der Waals surface area contributed by atoms with Gasteiger partial charge in [0.1, 0.15) is 17.3 Å². The van der Waals surface area contributed by atoms with Gasteiger partial charge in [0.05, 0.1) is 0 Å². The Morgan fingerprint density at radius 3 is 2.23 bits per heavy atom. The van der Waals surface area contributed by atoms with Crippen LogP contribution in [0.1, 0.15) is 46.5 Å². The van der Waals surface area contributed by atoms with Gasteiger partial charge in [0.25, 0.3) is 0 Å². The Morgan fingerprint density at radius 1 is 1.09 bits per heavy atom. The van der Waals surface area contributed by atoms with E-state index in [1.165, 1.54) is 18.2 Å². The molecule has 1 aromatic rings. The number of hydrogen-bond acceptors (Lipinski definition) is 3. The zero-order chi connectivity index (χ0) is 16.2. The van der Waals surface area contributed by atoms with Crippen LogP contribution in [0.4, 0.5) is 14.5 Å². The molecule has 1 aromatic carbocycles. The highest BCUT2D eigenvalue weighted by molar-refractivity contribution is 7.98. The van der Waals surface area contributed by atoms with Crippen molar-refractivity contribution in [2.45, 2.75) is 57.2 Å². The first-order chi connectivity index (χ1) is 10.3. The third-order valence-corrected chi connectivity index (χ3v) is 4.97. The van der Waals surface area contributed by atoms with Crippen LogP contribution in [0.5, 0.6) is 0 Å². The van der Waals surface area contributed by atoms with Gasteiger partial charge in [-0.3, -0.25) is 4.72 Å². The molecule has 124 valence electrons. The second-order valence-electron chi connectivity index (χ2n) is 7.03. The molecule has 0 radical (unpaired) electrons. The van der Waals surface area contributed by atoms with Gasteiger partial charge in [-0.15, -0.1) is 0 Å². The zero-order valence-corrected chi connectivity index (χ0v) is 14.4. The van der Waals surface area contributed by atoms with E-state index in [-0.39, 0.29) is 10.4 Å². The molecule has 1 aliphatic rings. The Bertz CT molecular complexity index is 460. The van der Waals surface area contributed by atoms with Gasteiger partial charge >= 0.3 is 0 Å². The molecule has 0 amide bonds. The van der Waals surface area contributed by atoms with Crippen LogP contribution in [0.15, 0.2) is 18.2 Å². The summed E-state index contributed by atoms with van der Waals surface area (Å²) >= 11 is 1.79. The Morgan fingerprint density at radius 2 is 1.68 bits per heavy atom. The first-order valence-electron chi connectivity index (χ1n) is 7.96. The predicted molar refractivity (Wildman–Crippen MR) is 91.1 cm³/mol. The maximum absolute atomic E-state index is 13.6. The van der Waals surface area contributed by atoms with Crippen molar-refractivity contribution in [2.75, 3.05) is 11.9 Å². The summed E-state index contributed by atoms with van der Waals surface area (Å²) in [6.07, 6.45) is 4.42. The number of nitrogens with one attached hydrogen (secondary N) is 2. The maximum Gasteiger partial charge on any atom is 0.149 e. The molecular weight excluding hydrogens is 302 g/mol. The second-order valence-corrected chi connectivity index (χ2v) is 8.69.